The highest BCUT2D eigenvalue weighted by Crippen LogP contribution is 2.25. The average molecular weight is 181 g/mol. The molecule has 0 bridgehead atoms. The minimum atomic E-state index is 1.02. The van der Waals surface area contributed by atoms with Gasteiger partial charge in [0, 0.05) is 6.54 Å². The quantitative estimate of drug-likeness (QED) is 0.507. The van der Waals surface area contributed by atoms with E-state index in [-0.39, 0.29) is 0 Å². The molecule has 0 spiro atoms. The molecule has 0 unspecified atom stereocenters. The Bertz CT molecular complexity index is 134. The third-order valence-corrected chi connectivity index (χ3v) is 2.95. The van der Waals surface area contributed by atoms with Crippen LogP contribution in [0.5, 0.6) is 0 Å². The molecule has 76 valence electrons. The van der Waals surface area contributed by atoms with Gasteiger partial charge in [0.1, 0.15) is 0 Å². The highest BCUT2D eigenvalue weighted by Gasteiger charge is 2.11. The van der Waals surface area contributed by atoms with Crippen molar-refractivity contribution in [3.8, 4) is 0 Å². The normalized spacial score (nSPS) is 19.8. The summed E-state index contributed by atoms with van der Waals surface area (Å²) in [7, 11) is 0. The molecular weight excluding hydrogens is 158 g/mol. The van der Waals surface area contributed by atoms with E-state index >= 15 is 0 Å². The Kier molecular flexibility index (Phi) is 5.92. The van der Waals surface area contributed by atoms with Crippen molar-refractivity contribution in [2.75, 3.05) is 13.1 Å². The smallest absolute Gasteiger partial charge is 0.0134 e. The molecule has 1 fully saturated rings. The summed E-state index contributed by atoms with van der Waals surface area (Å²) < 4.78 is 0. The van der Waals surface area contributed by atoms with Gasteiger partial charge in [-0.25, -0.2) is 0 Å². The van der Waals surface area contributed by atoms with Gasteiger partial charge in [-0.2, -0.15) is 0 Å². The molecule has 0 aromatic heterocycles. The molecule has 0 aromatic rings. The minimum absolute atomic E-state index is 1.02. The zero-order valence-electron chi connectivity index (χ0n) is 8.89. The van der Waals surface area contributed by atoms with Crippen molar-refractivity contribution in [1.82, 2.24) is 5.32 Å². The zero-order valence-corrected chi connectivity index (χ0v) is 8.89. The monoisotopic (exact) mass is 181 g/mol. The molecule has 1 aliphatic rings. The fourth-order valence-electron chi connectivity index (χ4n) is 2.09. The third-order valence-electron chi connectivity index (χ3n) is 2.95. The van der Waals surface area contributed by atoms with Gasteiger partial charge in [-0.1, -0.05) is 44.3 Å². The first-order chi connectivity index (χ1) is 6.43. The van der Waals surface area contributed by atoms with Crippen LogP contribution >= 0.6 is 0 Å². The fourth-order valence-corrected chi connectivity index (χ4v) is 2.09. The van der Waals surface area contributed by atoms with Crippen LogP contribution in [0.3, 0.4) is 0 Å². The molecule has 0 aliphatic heterocycles. The maximum absolute atomic E-state index is 3.45. The standard InChI is InChI=1S/C12H23N/c1-2-3-10-13-11-9-12-7-5-4-6-8-12/h2-3,12-13H,4-11H2,1H3/b3-2+. The molecule has 1 N–H and O–H groups in total. The first kappa shape index (κ1) is 10.8. The second-order valence-electron chi connectivity index (χ2n) is 4.07. The first-order valence-electron chi connectivity index (χ1n) is 5.75. The molecule has 1 saturated carbocycles. The van der Waals surface area contributed by atoms with E-state index in [1.165, 1.54) is 45.1 Å². The van der Waals surface area contributed by atoms with Crippen molar-refractivity contribution < 1.29 is 0 Å². The summed E-state index contributed by atoms with van der Waals surface area (Å²) >= 11 is 0. The van der Waals surface area contributed by atoms with E-state index in [0.717, 1.165) is 12.5 Å². The van der Waals surface area contributed by atoms with Crippen molar-refractivity contribution >= 4 is 0 Å². The van der Waals surface area contributed by atoms with Crippen molar-refractivity contribution in [3.05, 3.63) is 12.2 Å². The summed E-state index contributed by atoms with van der Waals surface area (Å²) in [5.74, 6) is 1.02. The third kappa shape index (κ3) is 5.09. The van der Waals surface area contributed by atoms with Crippen LogP contribution in [0.25, 0.3) is 0 Å². The Balaban J connectivity index is 1.92. The molecule has 0 heterocycles. The molecule has 1 rings (SSSR count). The lowest BCUT2D eigenvalue weighted by Gasteiger charge is -2.21. The van der Waals surface area contributed by atoms with Gasteiger partial charge in [0.05, 0.1) is 0 Å². The molecule has 0 aromatic carbocycles. The second-order valence-corrected chi connectivity index (χ2v) is 4.07. The van der Waals surface area contributed by atoms with Gasteiger partial charge in [-0.05, 0) is 25.8 Å². The lowest BCUT2D eigenvalue weighted by molar-refractivity contribution is 0.335. The Morgan fingerprint density at radius 3 is 2.69 bits per heavy atom. The number of hydrogen-bond acceptors (Lipinski definition) is 1. The van der Waals surface area contributed by atoms with Gasteiger partial charge in [0.2, 0.25) is 0 Å². The summed E-state index contributed by atoms with van der Waals surface area (Å²) in [5.41, 5.74) is 0. The SMILES string of the molecule is C/C=C/CNCCC1CCCCC1. The lowest BCUT2D eigenvalue weighted by Crippen LogP contribution is -2.19. The van der Waals surface area contributed by atoms with Crippen LogP contribution in [0, 0.1) is 5.92 Å². The van der Waals surface area contributed by atoms with E-state index in [1.807, 2.05) is 0 Å². The fraction of sp³-hybridized carbons (Fsp3) is 0.833. The second kappa shape index (κ2) is 7.14. The van der Waals surface area contributed by atoms with Gasteiger partial charge < -0.3 is 5.32 Å². The van der Waals surface area contributed by atoms with Crippen molar-refractivity contribution in [3.63, 3.8) is 0 Å². The van der Waals surface area contributed by atoms with E-state index in [4.69, 9.17) is 0 Å². The van der Waals surface area contributed by atoms with Crippen molar-refractivity contribution in [2.24, 2.45) is 5.92 Å². The van der Waals surface area contributed by atoms with Crippen LogP contribution in [0.2, 0.25) is 0 Å². The Morgan fingerprint density at radius 1 is 1.23 bits per heavy atom. The molecule has 0 atom stereocenters. The Hall–Kier alpha value is -0.300. The lowest BCUT2D eigenvalue weighted by atomic mass is 9.87. The predicted octanol–water partition coefficient (Wildman–Crippen LogP) is 3.12. The molecule has 1 heteroatoms. The van der Waals surface area contributed by atoms with E-state index in [0.29, 0.717) is 0 Å². The van der Waals surface area contributed by atoms with E-state index in [9.17, 15) is 0 Å². The van der Waals surface area contributed by atoms with Crippen molar-refractivity contribution in [1.29, 1.82) is 0 Å². The van der Waals surface area contributed by atoms with Crippen LogP contribution in [0.1, 0.15) is 45.4 Å². The molecular formula is C12H23N. The largest absolute Gasteiger partial charge is 0.313 e. The summed E-state index contributed by atoms with van der Waals surface area (Å²) in [4.78, 5) is 0. The maximum atomic E-state index is 3.45. The summed E-state index contributed by atoms with van der Waals surface area (Å²) in [6.07, 6.45) is 13.0. The molecule has 0 amide bonds. The van der Waals surface area contributed by atoms with E-state index < -0.39 is 0 Å². The molecule has 1 nitrogen and oxygen atoms in total. The number of rotatable bonds is 5. The van der Waals surface area contributed by atoms with Gasteiger partial charge in [0.15, 0.2) is 0 Å². The highest BCUT2D eigenvalue weighted by atomic mass is 14.8. The number of hydrogen-bond donors (Lipinski definition) is 1. The van der Waals surface area contributed by atoms with Crippen molar-refractivity contribution in [2.45, 2.75) is 45.4 Å². The maximum Gasteiger partial charge on any atom is 0.0134 e. The summed E-state index contributed by atoms with van der Waals surface area (Å²) in [5, 5.41) is 3.45. The summed E-state index contributed by atoms with van der Waals surface area (Å²) in [6.45, 7) is 4.32. The molecule has 1 aliphatic carbocycles. The highest BCUT2D eigenvalue weighted by molar-refractivity contribution is 4.79. The van der Waals surface area contributed by atoms with Crippen LogP contribution in [-0.2, 0) is 0 Å². The zero-order chi connectivity index (χ0) is 9.36. The van der Waals surface area contributed by atoms with E-state index in [1.54, 1.807) is 0 Å². The van der Waals surface area contributed by atoms with Crippen LogP contribution in [-0.4, -0.2) is 13.1 Å². The summed E-state index contributed by atoms with van der Waals surface area (Å²) in [6, 6.07) is 0. The van der Waals surface area contributed by atoms with Gasteiger partial charge in [0.25, 0.3) is 0 Å². The molecule has 13 heavy (non-hydrogen) atoms. The molecule has 0 radical (unpaired) electrons. The average Bonchev–Trinajstić information content (AvgIpc) is 2.19. The van der Waals surface area contributed by atoms with Gasteiger partial charge in [-0.15, -0.1) is 0 Å². The Labute approximate surface area is 82.6 Å². The van der Waals surface area contributed by atoms with Crippen LogP contribution < -0.4 is 5.32 Å². The van der Waals surface area contributed by atoms with Gasteiger partial charge >= 0.3 is 0 Å². The number of nitrogens with one attached hydrogen (secondary N) is 1. The first-order valence-corrected chi connectivity index (χ1v) is 5.75. The van der Waals surface area contributed by atoms with E-state index in [2.05, 4.69) is 24.4 Å². The molecule has 0 saturated heterocycles. The minimum Gasteiger partial charge on any atom is -0.313 e. The van der Waals surface area contributed by atoms with Gasteiger partial charge in [-0.3, -0.25) is 0 Å². The predicted molar refractivity (Wildman–Crippen MR) is 58.9 cm³/mol. The Morgan fingerprint density at radius 2 is 2.00 bits per heavy atom. The topological polar surface area (TPSA) is 12.0 Å². The van der Waals surface area contributed by atoms with Crippen LogP contribution in [0.4, 0.5) is 0 Å². The number of allylic oxidation sites excluding steroid dienone is 1. The van der Waals surface area contributed by atoms with Crippen LogP contribution in [0.15, 0.2) is 12.2 Å².